The van der Waals surface area contributed by atoms with E-state index in [4.69, 9.17) is 9.47 Å². The zero-order chi connectivity index (χ0) is 15.6. The first kappa shape index (κ1) is 17.2. The molecule has 124 valence electrons. The zero-order valence-electron chi connectivity index (χ0n) is 14.4. The fourth-order valence-corrected chi connectivity index (χ4v) is 3.58. The molecule has 1 aliphatic rings. The van der Waals surface area contributed by atoms with E-state index < -0.39 is 0 Å². The summed E-state index contributed by atoms with van der Waals surface area (Å²) in [6.07, 6.45) is 11.1. The van der Waals surface area contributed by atoms with Crippen molar-refractivity contribution >= 4 is 0 Å². The van der Waals surface area contributed by atoms with Crippen LogP contribution in [0.4, 0.5) is 0 Å². The first-order valence-electron chi connectivity index (χ1n) is 9.17. The monoisotopic (exact) mass is 304 g/mol. The molecule has 2 nitrogen and oxygen atoms in total. The van der Waals surface area contributed by atoms with E-state index in [2.05, 4.69) is 6.92 Å². The van der Waals surface area contributed by atoms with Crippen molar-refractivity contribution in [2.24, 2.45) is 11.8 Å². The summed E-state index contributed by atoms with van der Waals surface area (Å²) in [5, 5.41) is 0. The lowest BCUT2D eigenvalue weighted by Crippen LogP contribution is -2.15. The van der Waals surface area contributed by atoms with E-state index in [0.29, 0.717) is 6.61 Å². The van der Waals surface area contributed by atoms with Gasteiger partial charge in [0.1, 0.15) is 11.5 Å². The Hall–Kier alpha value is -1.18. The summed E-state index contributed by atoms with van der Waals surface area (Å²) in [6, 6.07) is 7.96. The average molecular weight is 304 g/mol. The van der Waals surface area contributed by atoms with Crippen LogP contribution in [0.15, 0.2) is 24.3 Å². The topological polar surface area (TPSA) is 18.5 Å². The molecule has 22 heavy (non-hydrogen) atoms. The highest BCUT2D eigenvalue weighted by Crippen LogP contribution is 2.33. The molecule has 0 radical (unpaired) electrons. The van der Waals surface area contributed by atoms with E-state index in [-0.39, 0.29) is 0 Å². The van der Waals surface area contributed by atoms with E-state index in [1.165, 1.54) is 51.4 Å². The third-order valence-corrected chi connectivity index (χ3v) is 4.82. The molecule has 1 aliphatic carbocycles. The lowest BCUT2D eigenvalue weighted by Gasteiger charge is -2.28. The Balaban J connectivity index is 1.57. The van der Waals surface area contributed by atoms with Crippen molar-refractivity contribution in [2.75, 3.05) is 13.2 Å². The Morgan fingerprint density at radius 2 is 1.36 bits per heavy atom. The van der Waals surface area contributed by atoms with Crippen molar-refractivity contribution in [3.63, 3.8) is 0 Å². The number of hydrogen-bond donors (Lipinski definition) is 0. The highest BCUT2D eigenvalue weighted by Gasteiger charge is 2.19. The molecular weight excluding hydrogens is 272 g/mol. The smallest absolute Gasteiger partial charge is 0.119 e. The van der Waals surface area contributed by atoms with Crippen LogP contribution in [0.25, 0.3) is 0 Å². The van der Waals surface area contributed by atoms with E-state index in [1.54, 1.807) is 0 Å². The highest BCUT2D eigenvalue weighted by atomic mass is 16.5. The minimum absolute atomic E-state index is 0.709. The van der Waals surface area contributed by atoms with Crippen LogP contribution in [0.5, 0.6) is 11.5 Å². The second-order valence-corrected chi connectivity index (χ2v) is 6.57. The summed E-state index contributed by atoms with van der Waals surface area (Å²) < 4.78 is 11.3. The maximum atomic E-state index is 5.83. The summed E-state index contributed by atoms with van der Waals surface area (Å²) in [7, 11) is 0. The van der Waals surface area contributed by atoms with Crippen LogP contribution in [0, 0.1) is 11.8 Å². The van der Waals surface area contributed by atoms with Gasteiger partial charge in [-0.15, -0.1) is 0 Å². The van der Waals surface area contributed by atoms with Gasteiger partial charge in [-0.2, -0.15) is 0 Å². The summed E-state index contributed by atoms with van der Waals surface area (Å²) in [5.74, 6) is 3.83. The Bertz CT molecular complexity index is 391. The molecule has 0 heterocycles. The molecule has 0 aromatic heterocycles. The van der Waals surface area contributed by atoms with Gasteiger partial charge in [-0.1, -0.05) is 45.4 Å². The largest absolute Gasteiger partial charge is 0.494 e. The molecule has 1 aromatic rings. The van der Waals surface area contributed by atoms with Crippen LogP contribution in [0.3, 0.4) is 0 Å². The van der Waals surface area contributed by atoms with Crippen LogP contribution >= 0.6 is 0 Å². The summed E-state index contributed by atoms with van der Waals surface area (Å²) >= 11 is 0. The normalized spacial score (nSPS) is 21.5. The van der Waals surface area contributed by atoms with E-state index >= 15 is 0 Å². The number of ether oxygens (including phenoxy) is 2. The molecule has 1 fully saturated rings. The van der Waals surface area contributed by atoms with Crippen molar-refractivity contribution in [1.29, 1.82) is 0 Å². The van der Waals surface area contributed by atoms with Crippen LogP contribution in [0.2, 0.25) is 0 Å². The van der Waals surface area contributed by atoms with E-state index in [0.717, 1.165) is 29.9 Å². The Kier molecular flexibility index (Phi) is 7.62. The fourth-order valence-electron chi connectivity index (χ4n) is 3.58. The van der Waals surface area contributed by atoms with Crippen LogP contribution in [0.1, 0.15) is 65.2 Å². The molecule has 0 saturated heterocycles. The third-order valence-electron chi connectivity index (χ3n) is 4.82. The first-order chi connectivity index (χ1) is 10.8. The van der Waals surface area contributed by atoms with Gasteiger partial charge >= 0.3 is 0 Å². The minimum Gasteiger partial charge on any atom is -0.494 e. The molecule has 0 N–H and O–H groups in total. The quantitative estimate of drug-likeness (QED) is 0.533. The molecule has 2 heteroatoms. The molecule has 0 unspecified atom stereocenters. The summed E-state index contributed by atoms with van der Waals surface area (Å²) in [6.45, 7) is 5.86. The van der Waals surface area contributed by atoms with Crippen molar-refractivity contribution in [1.82, 2.24) is 0 Å². The molecule has 1 saturated carbocycles. The van der Waals surface area contributed by atoms with Gasteiger partial charge in [-0.3, -0.25) is 0 Å². The predicted molar refractivity (Wildman–Crippen MR) is 92.7 cm³/mol. The predicted octanol–water partition coefficient (Wildman–Crippen LogP) is 5.85. The lowest BCUT2D eigenvalue weighted by atomic mass is 9.78. The summed E-state index contributed by atoms with van der Waals surface area (Å²) in [5.41, 5.74) is 0. The van der Waals surface area contributed by atoms with Gasteiger partial charge in [0.15, 0.2) is 0 Å². The van der Waals surface area contributed by atoms with Crippen molar-refractivity contribution in [3.8, 4) is 11.5 Å². The van der Waals surface area contributed by atoms with Crippen LogP contribution < -0.4 is 9.47 Å². The van der Waals surface area contributed by atoms with Crippen LogP contribution in [-0.2, 0) is 0 Å². The SMILES string of the molecule is CCCC1CCC(CCCOc2ccc(OCC)cc2)CC1. The van der Waals surface area contributed by atoms with Gasteiger partial charge in [-0.25, -0.2) is 0 Å². The van der Waals surface area contributed by atoms with Gasteiger partial charge in [0, 0.05) is 0 Å². The fraction of sp³-hybridized carbons (Fsp3) is 0.700. The molecule has 0 bridgehead atoms. The van der Waals surface area contributed by atoms with Gasteiger partial charge < -0.3 is 9.47 Å². The Morgan fingerprint density at radius 3 is 1.91 bits per heavy atom. The maximum absolute atomic E-state index is 5.83. The average Bonchev–Trinajstić information content (AvgIpc) is 2.55. The molecule has 0 spiro atoms. The standard InChI is InChI=1S/C20H32O2/c1-3-6-17-8-10-18(11-9-17)7-5-16-22-20-14-12-19(13-15-20)21-4-2/h12-15,17-18H,3-11,16H2,1-2H3. The van der Waals surface area contributed by atoms with Crippen molar-refractivity contribution in [3.05, 3.63) is 24.3 Å². The molecule has 0 atom stereocenters. The number of rotatable bonds is 9. The minimum atomic E-state index is 0.709. The zero-order valence-corrected chi connectivity index (χ0v) is 14.4. The molecular formula is C20H32O2. The van der Waals surface area contributed by atoms with Gasteiger partial charge in [0.05, 0.1) is 13.2 Å². The molecule has 1 aromatic carbocycles. The first-order valence-corrected chi connectivity index (χ1v) is 9.17. The number of benzene rings is 1. The van der Waals surface area contributed by atoms with E-state index in [1.807, 2.05) is 31.2 Å². The van der Waals surface area contributed by atoms with Crippen LogP contribution in [-0.4, -0.2) is 13.2 Å². The Labute approximate surface area is 136 Å². The number of hydrogen-bond acceptors (Lipinski definition) is 2. The second kappa shape index (κ2) is 9.76. The van der Waals surface area contributed by atoms with Gasteiger partial charge in [0.2, 0.25) is 0 Å². The molecule has 0 aliphatic heterocycles. The molecule has 2 rings (SSSR count). The van der Waals surface area contributed by atoms with Gasteiger partial charge in [-0.05, 0) is 55.9 Å². The van der Waals surface area contributed by atoms with Gasteiger partial charge in [0.25, 0.3) is 0 Å². The highest BCUT2D eigenvalue weighted by molar-refractivity contribution is 5.31. The Morgan fingerprint density at radius 1 is 0.818 bits per heavy atom. The third kappa shape index (κ3) is 5.90. The van der Waals surface area contributed by atoms with Crippen molar-refractivity contribution in [2.45, 2.75) is 65.2 Å². The second-order valence-electron chi connectivity index (χ2n) is 6.57. The van der Waals surface area contributed by atoms with Crippen molar-refractivity contribution < 1.29 is 9.47 Å². The molecule has 0 amide bonds. The lowest BCUT2D eigenvalue weighted by molar-refractivity contribution is 0.230. The van der Waals surface area contributed by atoms with E-state index in [9.17, 15) is 0 Å². The summed E-state index contributed by atoms with van der Waals surface area (Å²) in [4.78, 5) is 0. The maximum Gasteiger partial charge on any atom is 0.119 e.